The van der Waals surface area contributed by atoms with Gasteiger partial charge in [0.25, 0.3) is 0 Å². The number of ether oxygens (including phenoxy) is 1. The van der Waals surface area contributed by atoms with Gasteiger partial charge < -0.3 is 9.84 Å². The van der Waals surface area contributed by atoms with E-state index in [4.69, 9.17) is 16.7 Å². The summed E-state index contributed by atoms with van der Waals surface area (Å²) in [5.41, 5.74) is 0. The summed E-state index contributed by atoms with van der Waals surface area (Å²) in [6.45, 7) is 4.78. The highest BCUT2D eigenvalue weighted by Crippen LogP contribution is 2.11. The van der Waals surface area contributed by atoms with Crippen molar-refractivity contribution in [3.05, 3.63) is 0 Å². The Hall–Kier alpha value is -0.440. The van der Waals surface area contributed by atoms with Crippen molar-refractivity contribution in [3.8, 4) is 0 Å². The van der Waals surface area contributed by atoms with Gasteiger partial charge >= 0.3 is 6.16 Å². The maximum atomic E-state index is 10.1. The lowest BCUT2D eigenvalue weighted by molar-refractivity contribution is 0.0899. The lowest BCUT2D eigenvalue weighted by atomic mass is 10.1. The van der Waals surface area contributed by atoms with Crippen molar-refractivity contribution >= 4 is 17.8 Å². The van der Waals surface area contributed by atoms with Gasteiger partial charge in [-0.3, -0.25) is 0 Å². The minimum absolute atomic E-state index is 0.354. The molecule has 146 valence electrons. The topological polar surface area (TPSA) is 46.5 Å². The molecule has 4 heteroatoms. The lowest BCUT2D eigenvalue weighted by Gasteiger charge is -2.02. The first-order valence-electron chi connectivity index (χ1n) is 10.1. The number of carbonyl (C=O) groups is 1. The fraction of sp³-hybridized carbons (Fsp3) is 0.950. The van der Waals surface area contributed by atoms with Gasteiger partial charge in [0.05, 0.1) is 6.61 Å². The number of unbranched alkanes of at least 4 members (excludes halogenated alkanes) is 13. The molecule has 0 aromatic heterocycles. The van der Waals surface area contributed by atoms with E-state index in [-0.39, 0.29) is 0 Å². The highest BCUT2D eigenvalue weighted by molar-refractivity contribution is 6.17. The van der Waals surface area contributed by atoms with Gasteiger partial charge in [-0.25, -0.2) is 4.79 Å². The quantitative estimate of drug-likeness (QED) is 0.172. The number of alkyl halides is 1. The van der Waals surface area contributed by atoms with Crippen LogP contribution in [0.5, 0.6) is 0 Å². The van der Waals surface area contributed by atoms with Gasteiger partial charge in [0.1, 0.15) is 0 Å². The largest absolute Gasteiger partial charge is 0.505 e. The zero-order chi connectivity index (χ0) is 18.3. The first kappa shape index (κ1) is 25.8. The van der Waals surface area contributed by atoms with Gasteiger partial charge in [-0.2, -0.15) is 0 Å². The summed E-state index contributed by atoms with van der Waals surface area (Å²) < 4.78 is 4.45. The van der Waals surface area contributed by atoms with Crippen LogP contribution in [-0.2, 0) is 4.74 Å². The normalized spacial score (nSPS) is 10.1. The van der Waals surface area contributed by atoms with Crippen LogP contribution in [0, 0.1) is 0 Å². The van der Waals surface area contributed by atoms with Crippen molar-refractivity contribution < 1.29 is 14.6 Å². The second kappa shape index (κ2) is 24.8. The molecule has 0 saturated carbocycles. The van der Waals surface area contributed by atoms with E-state index < -0.39 is 6.16 Å². The molecule has 0 aliphatic rings. The van der Waals surface area contributed by atoms with E-state index >= 15 is 0 Å². The SMILES string of the molecule is CCCCCCCCCCCCCCOC(=O)O.CCCCCCl. The third-order valence-electron chi connectivity index (χ3n) is 3.96. The van der Waals surface area contributed by atoms with Crippen LogP contribution < -0.4 is 0 Å². The molecule has 0 aromatic rings. The fourth-order valence-electron chi connectivity index (χ4n) is 2.45. The van der Waals surface area contributed by atoms with Crippen LogP contribution in [0.25, 0.3) is 0 Å². The van der Waals surface area contributed by atoms with Gasteiger partial charge in [-0.1, -0.05) is 97.3 Å². The average Bonchev–Trinajstić information content (AvgIpc) is 2.57. The Kier molecular flexibility index (Phi) is 26.7. The molecule has 0 saturated heterocycles. The summed E-state index contributed by atoms with van der Waals surface area (Å²) in [4.78, 5) is 10.1. The van der Waals surface area contributed by atoms with Crippen molar-refractivity contribution in [1.82, 2.24) is 0 Å². The fourth-order valence-corrected chi connectivity index (χ4v) is 2.64. The maximum Gasteiger partial charge on any atom is 0.505 e. The van der Waals surface area contributed by atoms with E-state index in [1.807, 2.05) is 0 Å². The summed E-state index contributed by atoms with van der Waals surface area (Å²) in [5.74, 6) is 0.827. The highest BCUT2D eigenvalue weighted by atomic mass is 35.5. The summed E-state index contributed by atoms with van der Waals surface area (Å²) >= 11 is 5.38. The molecule has 0 heterocycles. The van der Waals surface area contributed by atoms with Crippen LogP contribution in [0.1, 0.15) is 110 Å². The van der Waals surface area contributed by atoms with Crippen LogP contribution in [0.3, 0.4) is 0 Å². The molecule has 0 radical (unpaired) electrons. The summed E-state index contributed by atoms with van der Waals surface area (Å²) in [7, 11) is 0. The van der Waals surface area contributed by atoms with Crippen molar-refractivity contribution in [2.75, 3.05) is 12.5 Å². The van der Waals surface area contributed by atoms with Gasteiger partial charge in [0, 0.05) is 5.88 Å². The summed E-state index contributed by atoms with van der Waals surface area (Å²) in [5, 5.41) is 8.27. The first-order valence-corrected chi connectivity index (χ1v) is 10.6. The second-order valence-corrected chi connectivity index (χ2v) is 6.78. The number of carboxylic acid groups (broad SMARTS) is 1. The number of hydrogen-bond acceptors (Lipinski definition) is 2. The highest BCUT2D eigenvalue weighted by Gasteiger charge is 1.96. The Morgan fingerprint density at radius 1 is 0.708 bits per heavy atom. The molecule has 0 amide bonds. The minimum atomic E-state index is -1.15. The molecule has 0 aromatic carbocycles. The van der Waals surface area contributed by atoms with E-state index in [2.05, 4.69) is 18.6 Å². The number of hydrogen-bond donors (Lipinski definition) is 1. The van der Waals surface area contributed by atoms with E-state index in [1.165, 1.54) is 83.5 Å². The molecule has 24 heavy (non-hydrogen) atoms. The molecule has 0 bridgehead atoms. The van der Waals surface area contributed by atoms with Gasteiger partial charge in [-0.05, 0) is 12.8 Å². The zero-order valence-electron chi connectivity index (χ0n) is 16.2. The molecule has 0 spiro atoms. The average molecular weight is 365 g/mol. The third kappa shape index (κ3) is 29.6. The zero-order valence-corrected chi connectivity index (χ0v) is 16.9. The van der Waals surface area contributed by atoms with Crippen molar-refractivity contribution in [1.29, 1.82) is 0 Å². The molecular formula is C20H41ClO3. The maximum absolute atomic E-state index is 10.1. The van der Waals surface area contributed by atoms with Gasteiger partial charge in [-0.15, -0.1) is 11.6 Å². The molecule has 0 aliphatic carbocycles. The van der Waals surface area contributed by atoms with Crippen LogP contribution >= 0.6 is 11.6 Å². The van der Waals surface area contributed by atoms with Crippen LogP contribution in [0.4, 0.5) is 4.79 Å². The molecular weight excluding hydrogens is 324 g/mol. The Morgan fingerprint density at radius 2 is 1.08 bits per heavy atom. The van der Waals surface area contributed by atoms with E-state index in [1.54, 1.807) is 0 Å². The molecule has 1 N–H and O–H groups in total. The predicted octanol–water partition coefficient (Wildman–Crippen LogP) is 7.80. The van der Waals surface area contributed by atoms with Gasteiger partial charge in [0.2, 0.25) is 0 Å². The Morgan fingerprint density at radius 3 is 1.42 bits per heavy atom. The van der Waals surface area contributed by atoms with Crippen LogP contribution in [0.15, 0.2) is 0 Å². The molecule has 0 atom stereocenters. The second-order valence-electron chi connectivity index (χ2n) is 6.40. The molecule has 0 unspecified atom stereocenters. The molecule has 0 rings (SSSR count). The first-order chi connectivity index (χ1) is 11.7. The Labute approximate surface area is 155 Å². The predicted molar refractivity (Wildman–Crippen MR) is 105 cm³/mol. The van der Waals surface area contributed by atoms with Crippen LogP contribution in [-0.4, -0.2) is 23.7 Å². The standard InChI is InChI=1S/C15H30O3.C5H11Cl/c1-2-3-4-5-6-7-8-9-10-11-12-13-14-18-15(16)17;1-2-3-4-5-6/h2-14H2,1H3,(H,16,17);2-5H2,1H3. The molecule has 0 aliphatic heterocycles. The van der Waals surface area contributed by atoms with Crippen molar-refractivity contribution in [2.45, 2.75) is 110 Å². The van der Waals surface area contributed by atoms with Crippen molar-refractivity contribution in [3.63, 3.8) is 0 Å². The number of halogens is 1. The monoisotopic (exact) mass is 364 g/mol. The molecule has 0 fully saturated rings. The number of rotatable bonds is 16. The lowest BCUT2D eigenvalue weighted by Crippen LogP contribution is -2.01. The van der Waals surface area contributed by atoms with Crippen molar-refractivity contribution in [2.24, 2.45) is 0 Å². The Balaban J connectivity index is 0. The van der Waals surface area contributed by atoms with Gasteiger partial charge in [0.15, 0.2) is 0 Å². The Bertz CT molecular complexity index is 231. The third-order valence-corrected chi connectivity index (χ3v) is 4.23. The molecule has 3 nitrogen and oxygen atoms in total. The summed E-state index contributed by atoms with van der Waals surface area (Å²) in [6.07, 6.45) is 18.0. The van der Waals surface area contributed by atoms with Crippen LogP contribution in [0.2, 0.25) is 0 Å². The minimum Gasteiger partial charge on any atom is -0.450 e. The van der Waals surface area contributed by atoms with E-state index in [0.717, 1.165) is 18.7 Å². The summed E-state index contributed by atoms with van der Waals surface area (Å²) in [6, 6.07) is 0. The van der Waals surface area contributed by atoms with E-state index in [9.17, 15) is 4.79 Å². The smallest absolute Gasteiger partial charge is 0.450 e. The van der Waals surface area contributed by atoms with E-state index in [0.29, 0.717) is 6.61 Å².